The monoisotopic (exact) mass is 371 g/mol. The summed E-state index contributed by atoms with van der Waals surface area (Å²) in [6, 6.07) is 7.47. The molecule has 0 saturated heterocycles. The number of hydrogen-bond acceptors (Lipinski definition) is 3. The molecule has 0 aliphatic carbocycles. The lowest BCUT2D eigenvalue weighted by molar-refractivity contribution is 0.0968. The highest BCUT2D eigenvalue weighted by molar-refractivity contribution is 9.10. The van der Waals surface area contributed by atoms with Gasteiger partial charge in [0, 0.05) is 29.5 Å². The lowest BCUT2D eigenvalue weighted by Gasteiger charge is -2.15. The Balaban J connectivity index is 1.88. The molecular weight excluding hydrogens is 358 g/mol. The molecule has 0 amide bonds. The minimum Gasteiger partial charge on any atom is -0.302 e. The van der Waals surface area contributed by atoms with Crippen LogP contribution in [0.3, 0.4) is 0 Å². The number of carbonyl (C=O) groups is 1. The van der Waals surface area contributed by atoms with Gasteiger partial charge in [0.15, 0.2) is 5.78 Å². The number of ketones is 1. The van der Waals surface area contributed by atoms with E-state index < -0.39 is 0 Å². The molecule has 2 nitrogen and oxygen atoms in total. The average molecular weight is 373 g/mol. The molecule has 0 N–H and O–H groups in total. The van der Waals surface area contributed by atoms with Gasteiger partial charge in [-0.3, -0.25) is 4.79 Å². The largest absolute Gasteiger partial charge is 0.302 e. The van der Waals surface area contributed by atoms with Gasteiger partial charge in [-0.25, -0.2) is 0 Å². The third-order valence-electron chi connectivity index (χ3n) is 2.98. The van der Waals surface area contributed by atoms with E-state index in [-0.39, 0.29) is 5.78 Å². The number of hydrogen-bond donors (Lipinski definition) is 0. The number of carbonyl (C=O) groups excluding carboxylic acids is 1. The van der Waals surface area contributed by atoms with E-state index >= 15 is 0 Å². The molecule has 2 rings (SSSR count). The van der Waals surface area contributed by atoms with E-state index in [1.165, 1.54) is 5.56 Å². The smallest absolute Gasteiger partial charge is 0.165 e. The van der Waals surface area contributed by atoms with Crippen molar-refractivity contribution in [1.82, 2.24) is 4.90 Å². The van der Waals surface area contributed by atoms with Gasteiger partial charge in [-0.05, 0) is 47.6 Å². The molecule has 0 aliphatic rings. The van der Waals surface area contributed by atoms with E-state index in [4.69, 9.17) is 11.6 Å². The Hall–Kier alpha value is -0.680. The molecule has 0 saturated carbocycles. The molecule has 5 heteroatoms. The maximum atomic E-state index is 12.2. The van der Waals surface area contributed by atoms with E-state index in [9.17, 15) is 4.79 Å². The van der Waals surface area contributed by atoms with Crippen LogP contribution in [0.25, 0.3) is 0 Å². The molecule has 0 atom stereocenters. The Morgan fingerprint density at radius 3 is 2.85 bits per heavy atom. The number of benzene rings is 1. The van der Waals surface area contributed by atoms with Crippen molar-refractivity contribution < 1.29 is 4.79 Å². The first-order chi connectivity index (χ1) is 9.56. The van der Waals surface area contributed by atoms with Gasteiger partial charge in [0.05, 0.1) is 5.02 Å². The lowest BCUT2D eigenvalue weighted by Crippen LogP contribution is -2.21. The summed E-state index contributed by atoms with van der Waals surface area (Å²) in [6.07, 6.45) is 0.474. The molecule has 0 radical (unpaired) electrons. The van der Waals surface area contributed by atoms with Crippen molar-refractivity contribution in [3.8, 4) is 0 Å². The Morgan fingerprint density at radius 1 is 1.40 bits per heavy atom. The summed E-state index contributed by atoms with van der Waals surface area (Å²) in [7, 11) is 2.02. The summed E-state index contributed by atoms with van der Waals surface area (Å²) < 4.78 is 0.883. The van der Waals surface area contributed by atoms with Gasteiger partial charge >= 0.3 is 0 Å². The molecule has 1 aromatic heterocycles. The summed E-state index contributed by atoms with van der Waals surface area (Å²) in [5, 5.41) is 4.70. The molecule has 1 aromatic carbocycles. The van der Waals surface area contributed by atoms with Crippen LogP contribution in [0.15, 0.2) is 39.5 Å². The highest BCUT2D eigenvalue weighted by Gasteiger charge is 2.12. The van der Waals surface area contributed by atoms with Crippen molar-refractivity contribution in [2.45, 2.75) is 13.0 Å². The fourth-order valence-corrected chi connectivity index (χ4v) is 3.35. The lowest BCUT2D eigenvalue weighted by atomic mass is 10.1. The number of nitrogens with zero attached hydrogens (tertiary/aromatic N) is 1. The van der Waals surface area contributed by atoms with E-state index in [1.54, 1.807) is 23.5 Å². The molecule has 0 unspecified atom stereocenters. The van der Waals surface area contributed by atoms with Gasteiger partial charge < -0.3 is 4.90 Å². The van der Waals surface area contributed by atoms with Gasteiger partial charge in [0.1, 0.15) is 0 Å². The van der Waals surface area contributed by atoms with E-state index in [2.05, 4.69) is 37.7 Å². The van der Waals surface area contributed by atoms with Crippen LogP contribution in [0.4, 0.5) is 0 Å². The summed E-state index contributed by atoms with van der Waals surface area (Å²) in [4.78, 5) is 14.3. The van der Waals surface area contributed by atoms with Crippen LogP contribution in [-0.4, -0.2) is 24.3 Å². The predicted octanol–water partition coefficient (Wildman–Crippen LogP) is 4.87. The normalized spacial score (nSPS) is 11.0. The van der Waals surface area contributed by atoms with Gasteiger partial charge in [-0.15, -0.1) is 0 Å². The Bertz CT molecular complexity index is 586. The summed E-state index contributed by atoms with van der Waals surface area (Å²) in [5.74, 6) is 0.0830. The standard InChI is InChI=1S/C15H15BrClNOS/c1-18(9-11-5-7-20-10-11)6-4-15(19)13-3-2-12(16)8-14(13)17/h2-3,5,7-8,10H,4,6,9H2,1H3. The summed E-state index contributed by atoms with van der Waals surface area (Å²) in [5.41, 5.74) is 1.88. The number of Topliss-reactive ketones (excluding diaryl/α,β-unsaturated/α-hetero) is 1. The molecule has 0 aliphatic heterocycles. The van der Waals surface area contributed by atoms with Gasteiger partial charge in [0.2, 0.25) is 0 Å². The minimum absolute atomic E-state index is 0.0830. The Kier molecular flexibility index (Phi) is 5.78. The van der Waals surface area contributed by atoms with Crippen LogP contribution in [0.2, 0.25) is 5.02 Å². The Labute approximate surface area is 136 Å². The molecule has 106 valence electrons. The zero-order chi connectivity index (χ0) is 14.5. The van der Waals surface area contributed by atoms with Crippen LogP contribution in [-0.2, 0) is 6.54 Å². The summed E-state index contributed by atoms with van der Waals surface area (Å²) >= 11 is 11.1. The van der Waals surface area contributed by atoms with Crippen LogP contribution in [0.1, 0.15) is 22.3 Å². The first kappa shape index (κ1) is 15.7. The maximum Gasteiger partial charge on any atom is 0.165 e. The van der Waals surface area contributed by atoms with Crippen LogP contribution in [0, 0.1) is 0 Å². The quantitative estimate of drug-likeness (QED) is 0.674. The second-order valence-electron chi connectivity index (χ2n) is 4.67. The maximum absolute atomic E-state index is 12.2. The van der Waals surface area contributed by atoms with E-state index in [1.807, 2.05) is 13.1 Å². The van der Waals surface area contributed by atoms with Crippen molar-refractivity contribution in [1.29, 1.82) is 0 Å². The Morgan fingerprint density at radius 2 is 2.20 bits per heavy atom. The zero-order valence-corrected chi connectivity index (χ0v) is 14.3. The van der Waals surface area contributed by atoms with Gasteiger partial charge in [0.25, 0.3) is 0 Å². The number of thiophene rings is 1. The molecule has 0 bridgehead atoms. The summed E-state index contributed by atoms with van der Waals surface area (Å²) in [6.45, 7) is 1.59. The molecule has 1 heterocycles. The van der Waals surface area contributed by atoms with Gasteiger partial charge in [-0.2, -0.15) is 11.3 Å². The first-order valence-electron chi connectivity index (χ1n) is 6.24. The number of rotatable bonds is 6. The third kappa shape index (κ3) is 4.42. The van der Waals surface area contributed by atoms with E-state index in [0.717, 1.165) is 17.6 Å². The van der Waals surface area contributed by atoms with Crippen molar-refractivity contribution in [3.63, 3.8) is 0 Å². The number of halogens is 2. The second-order valence-corrected chi connectivity index (χ2v) is 6.77. The molecule has 0 spiro atoms. The SMILES string of the molecule is CN(CCC(=O)c1ccc(Br)cc1Cl)Cc1ccsc1. The molecule has 20 heavy (non-hydrogen) atoms. The zero-order valence-electron chi connectivity index (χ0n) is 11.1. The molecular formula is C15H15BrClNOS. The van der Waals surface area contributed by atoms with Crippen LogP contribution < -0.4 is 0 Å². The second kappa shape index (κ2) is 7.36. The van der Waals surface area contributed by atoms with Crippen molar-refractivity contribution in [2.24, 2.45) is 0 Å². The fraction of sp³-hybridized carbons (Fsp3) is 0.267. The highest BCUT2D eigenvalue weighted by Crippen LogP contribution is 2.22. The average Bonchev–Trinajstić information content (AvgIpc) is 2.89. The topological polar surface area (TPSA) is 20.3 Å². The van der Waals surface area contributed by atoms with Crippen molar-refractivity contribution in [3.05, 3.63) is 55.6 Å². The highest BCUT2D eigenvalue weighted by atomic mass is 79.9. The molecule has 2 aromatic rings. The fourth-order valence-electron chi connectivity index (χ4n) is 1.92. The van der Waals surface area contributed by atoms with E-state index in [0.29, 0.717) is 17.0 Å². The third-order valence-corrected chi connectivity index (χ3v) is 4.52. The molecule has 0 fully saturated rings. The van der Waals surface area contributed by atoms with Crippen molar-refractivity contribution in [2.75, 3.05) is 13.6 Å². The van der Waals surface area contributed by atoms with Crippen LogP contribution >= 0.6 is 38.9 Å². The van der Waals surface area contributed by atoms with Gasteiger partial charge in [-0.1, -0.05) is 27.5 Å². The minimum atomic E-state index is 0.0830. The first-order valence-corrected chi connectivity index (χ1v) is 8.35. The predicted molar refractivity (Wildman–Crippen MR) is 88.8 cm³/mol. The van der Waals surface area contributed by atoms with Crippen molar-refractivity contribution >= 4 is 44.7 Å². The van der Waals surface area contributed by atoms with Crippen LogP contribution in [0.5, 0.6) is 0 Å².